The highest BCUT2D eigenvalue weighted by Crippen LogP contribution is 2.33. The van der Waals surface area contributed by atoms with Crippen LogP contribution in [0, 0.1) is 13.8 Å². The van der Waals surface area contributed by atoms with Gasteiger partial charge < -0.3 is 10.1 Å². The highest BCUT2D eigenvalue weighted by Gasteiger charge is 2.13. The molecule has 0 fully saturated rings. The second-order valence-electron chi connectivity index (χ2n) is 5.51. The lowest BCUT2D eigenvalue weighted by Crippen LogP contribution is -2.05. The van der Waals surface area contributed by atoms with Gasteiger partial charge in [0.15, 0.2) is 0 Å². The molecule has 4 nitrogen and oxygen atoms in total. The Kier molecular flexibility index (Phi) is 4.48. The van der Waals surface area contributed by atoms with Crippen LogP contribution in [0.2, 0.25) is 0 Å². The molecule has 0 amide bonds. The van der Waals surface area contributed by atoms with Crippen LogP contribution in [0.1, 0.15) is 28.8 Å². The van der Waals surface area contributed by atoms with Crippen LogP contribution in [-0.4, -0.2) is 17.1 Å². The van der Waals surface area contributed by atoms with Crippen LogP contribution in [0.3, 0.4) is 0 Å². The van der Waals surface area contributed by atoms with Crippen molar-refractivity contribution in [3.05, 3.63) is 46.1 Å². The zero-order valence-corrected chi connectivity index (χ0v) is 14.8. The van der Waals surface area contributed by atoms with Crippen molar-refractivity contribution in [1.29, 1.82) is 0 Å². The number of anilines is 1. The van der Waals surface area contributed by atoms with Crippen molar-refractivity contribution in [2.24, 2.45) is 0 Å². The predicted molar refractivity (Wildman–Crippen MR) is 96.6 cm³/mol. The maximum atomic E-state index is 5.20. The Morgan fingerprint density at radius 3 is 2.52 bits per heavy atom. The molecule has 2 heterocycles. The van der Waals surface area contributed by atoms with Gasteiger partial charge in [0, 0.05) is 17.8 Å². The van der Waals surface area contributed by atoms with Crippen LogP contribution in [0.15, 0.2) is 24.3 Å². The Morgan fingerprint density at radius 2 is 1.87 bits per heavy atom. The molecule has 5 heteroatoms. The molecule has 1 N–H and O–H groups in total. The Hall–Kier alpha value is -2.14. The smallest absolute Gasteiger partial charge is 0.139 e. The van der Waals surface area contributed by atoms with E-state index >= 15 is 0 Å². The Labute approximate surface area is 140 Å². The van der Waals surface area contributed by atoms with Gasteiger partial charge in [0.1, 0.15) is 22.2 Å². The normalized spacial score (nSPS) is 11.0. The Morgan fingerprint density at radius 1 is 1.13 bits per heavy atom. The summed E-state index contributed by atoms with van der Waals surface area (Å²) < 4.78 is 5.20. The van der Waals surface area contributed by atoms with Crippen LogP contribution in [-0.2, 0) is 13.0 Å². The molecule has 0 atom stereocenters. The molecule has 0 saturated carbocycles. The highest BCUT2D eigenvalue weighted by molar-refractivity contribution is 7.18. The summed E-state index contributed by atoms with van der Waals surface area (Å²) in [5, 5.41) is 4.64. The third-order valence-electron chi connectivity index (χ3n) is 4.01. The molecule has 23 heavy (non-hydrogen) atoms. The third-order valence-corrected chi connectivity index (χ3v) is 5.11. The number of aryl methyl sites for hydroxylation is 3. The van der Waals surface area contributed by atoms with E-state index in [-0.39, 0.29) is 0 Å². The number of nitrogens with zero attached hydrogens (tertiary/aromatic N) is 2. The van der Waals surface area contributed by atoms with Crippen LogP contribution < -0.4 is 10.1 Å². The first-order valence-corrected chi connectivity index (χ1v) is 8.57. The predicted octanol–water partition coefficient (Wildman–Crippen LogP) is 4.49. The monoisotopic (exact) mass is 327 g/mol. The number of thiophene rings is 1. The van der Waals surface area contributed by atoms with Gasteiger partial charge in [-0.3, -0.25) is 0 Å². The fraction of sp³-hybridized carbons (Fsp3) is 0.333. The molecule has 0 bridgehead atoms. The lowest BCUT2D eigenvalue weighted by atomic mass is 10.2. The summed E-state index contributed by atoms with van der Waals surface area (Å²) in [5.41, 5.74) is 2.46. The van der Waals surface area contributed by atoms with Crippen molar-refractivity contribution in [1.82, 2.24) is 9.97 Å². The van der Waals surface area contributed by atoms with Gasteiger partial charge in [-0.2, -0.15) is 0 Å². The van der Waals surface area contributed by atoms with Gasteiger partial charge >= 0.3 is 0 Å². The SMILES string of the molecule is CCc1nc(NCc2ccc(OC)cc2)c2c(C)c(C)sc2n1. The molecule has 2 aromatic heterocycles. The maximum absolute atomic E-state index is 5.20. The molecule has 0 radical (unpaired) electrons. The molecule has 0 saturated heterocycles. The highest BCUT2D eigenvalue weighted by atomic mass is 32.1. The van der Waals surface area contributed by atoms with E-state index in [0.29, 0.717) is 0 Å². The Bertz CT molecular complexity index is 824. The van der Waals surface area contributed by atoms with E-state index in [9.17, 15) is 0 Å². The average molecular weight is 327 g/mol. The van der Waals surface area contributed by atoms with Crippen LogP contribution in [0.5, 0.6) is 5.75 Å². The standard InChI is InChI=1S/C18H21N3OS/c1-5-15-20-17(16-11(2)12(3)23-18(16)21-15)19-10-13-6-8-14(22-4)9-7-13/h6-9H,5,10H2,1-4H3,(H,19,20,21). The number of hydrogen-bond donors (Lipinski definition) is 1. The summed E-state index contributed by atoms with van der Waals surface area (Å²) in [4.78, 5) is 11.7. The van der Waals surface area contributed by atoms with Gasteiger partial charge in [-0.05, 0) is 37.1 Å². The Balaban J connectivity index is 1.91. The second-order valence-corrected chi connectivity index (χ2v) is 6.71. The molecule has 1 aromatic carbocycles. The van der Waals surface area contributed by atoms with E-state index in [1.807, 2.05) is 12.1 Å². The van der Waals surface area contributed by atoms with Gasteiger partial charge in [-0.25, -0.2) is 9.97 Å². The summed E-state index contributed by atoms with van der Waals surface area (Å²) in [7, 11) is 1.68. The molecular formula is C18H21N3OS. The molecule has 0 aliphatic carbocycles. The summed E-state index contributed by atoms with van der Waals surface area (Å²) in [6, 6.07) is 8.08. The van der Waals surface area contributed by atoms with E-state index in [0.717, 1.165) is 40.6 Å². The minimum Gasteiger partial charge on any atom is -0.497 e. The van der Waals surface area contributed by atoms with Crippen LogP contribution in [0.4, 0.5) is 5.82 Å². The number of nitrogens with one attached hydrogen (secondary N) is 1. The molecular weight excluding hydrogens is 306 g/mol. The first-order valence-electron chi connectivity index (χ1n) is 7.75. The number of aromatic nitrogens is 2. The van der Waals surface area contributed by atoms with Gasteiger partial charge in [0.25, 0.3) is 0 Å². The van der Waals surface area contributed by atoms with Crippen molar-refractivity contribution < 1.29 is 4.74 Å². The van der Waals surface area contributed by atoms with Crippen molar-refractivity contribution in [3.8, 4) is 5.75 Å². The van der Waals surface area contributed by atoms with Crippen LogP contribution in [0.25, 0.3) is 10.2 Å². The van der Waals surface area contributed by atoms with Gasteiger partial charge in [0.2, 0.25) is 0 Å². The van der Waals surface area contributed by atoms with E-state index < -0.39 is 0 Å². The first-order chi connectivity index (χ1) is 11.1. The van der Waals surface area contributed by atoms with Gasteiger partial charge in [-0.15, -0.1) is 11.3 Å². The topological polar surface area (TPSA) is 47.0 Å². The summed E-state index contributed by atoms with van der Waals surface area (Å²) >= 11 is 1.74. The van der Waals surface area contributed by atoms with Crippen LogP contribution >= 0.6 is 11.3 Å². The minimum atomic E-state index is 0.730. The number of rotatable bonds is 5. The third kappa shape index (κ3) is 3.15. The zero-order chi connectivity index (χ0) is 16.4. The minimum absolute atomic E-state index is 0.730. The van der Waals surface area contributed by atoms with Crippen molar-refractivity contribution in [3.63, 3.8) is 0 Å². The lowest BCUT2D eigenvalue weighted by Gasteiger charge is -2.10. The average Bonchev–Trinajstić information content (AvgIpc) is 2.87. The maximum Gasteiger partial charge on any atom is 0.139 e. The zero-order valence-electron chi connectivity index (χ0n) is 13.9. The van der Waals surface area contributed by atoms with E-state index in [4.69, 9.17) is 9.72 Å². The number of benzene rings is 1. The molecule has 0 aliphatic heterocycles. The number of fused-ring (bicyclic) bond motifs is 1. The number of ether oxygens (including phenoxy) is 1. The quantitative estimate of drug-likeness (QED) is 0.750. The molecule has 3 aromatic rings. The molecule has 0 aliphatic rings. The first kappa shape index (κ1) is 15.7. The van der Waals surface area contributed by atoms with Gasteiger partial charge in [-0.1, -0.05) is 19.1 Å². The van der Waals surface area contributed by atoms with Crippen molar-refractivity contribution >= 4 is 27.4 Å². The number of methoxy groups -OCH3 is 1. The van der Waals surface area contributed by atoms with E-state index in [1.165, 1.54) is 16.0 Å². The fourth-order valence-electron chi connectivity index (χ4n) is 2.51. The molecule has 0 unspecified atom stereocenters. The van der Waals surface area contributed by atoms with E-state index in [1.54, 1.807) is 18.4 Å². The molecule has 120 valence electrons. The lowest BCUT2D eigenvalue weighted by molar-refractivity contribution is 0.414. The fourth-order valence-corrected chi connectivity index (χ4v) is 3.56. The second kappa shape index (κ2) is 6.54. The summed E-state index contributed by atoms with van der Waals surface area (Å²) in [5.74, 6) is 2.69. The van der Waals surface area contributed by atoms with Crippen molar-refractivity contribution in [2.45, 2.75) is 33.7 Å². The number of hydrogen-bond acceptors (Lipinski definition) is 5. The largest absolute Gasteiger partial charge is 0.497 e. The summed E-state index contributed by atoms with van der Waals surface area (Å²) in [6.07, 6.45) is 0.836. The summed E-state index contributed by atoms with van der Waals surface area (Å²) in [6.45, 7) is 7.09. The molecule has 3 rings (SSSR count). The molecule has 0 spiro atoms. The van der Waals surface area contributed by atoms with E-state index in [2.05, 4.69) is 43.2 Å². The van der Waals surface area contributed by atoms with Gasteiger partial charge in [0.05, 0.1) is 12.5 Å². The van der Waals surface area contributed by atoms with Crippen molar-refractivity contribution in [2.75, 3.05) is 12.4 Å².